The molecule has 1 N–H and O–H groups in total. The highest BCUT2D eigenvalue weighted by Gasteiger charge is 2.30. The van der Waals surface area contributed by atoms with Gasteiger partial charge in [-0.3, -0.25) is 4.79 Å². The number of halogens is 1. The molecule has 1 saturated carbocycles. The SMILES string of the molecule is COC1CC(NC(=O)c2cc(C)ccc2Br)C1. The highest BCUT2D eigenvalue weighted by atomic mass is 79.9. The van der Waals surface area contributed by atoms with Crippen LogP contribution in [0.5, 0.6) is 0 Å². The fourth-order valence-corrected chi connectivity index (χ4v) is 2.38. The van der Waals surface area contributed by atoms with Crippen LogP contribution in [0.1, 0.15) is 28.8 Å². The molecule has 0 atom stereocenters. The first-order chi connectivity index (χ1) is 8.10. The molecule has 92 valence electrons. The van der Waals surface area contributed by atoms with Crippen LogP contribution in [-0.2, 0) is 4.74 Å². The van der Waals surface area contributed by atoms with Gasteiger partial charge in [-0.15, -0.1) is 0 Å². The molecular formula is C13H16BrNO2. The van der Waals surface area contributed by atoms with Crippen molar-refractivity contribution in [3.63, 3.8) is 0 Å². The summed E-state index contributed by atoms with van der Waals surface area (Å²) in [5, 5.41) is 3.02. The third kappa shape index (κ3) is 2.87. The van der Waals surface area contributed by atoms with Gasteiger partial charge in [-0.05, 0) is 47.8 Å². The van der Waals surface area contributed by atoms with Gasteiger partial charge >= 0.3 is 0 Å². The Labute approximate surface area is 110 Å². The molecule has 2 rings (SSSR count). The van der Waals surface area contributed by atoms with E-state index in [1.165, 1.54) is 0 Å². The average Bonchev–Trinajstić information content (AvgIpc) is 2.25. The monoisotopic (exact) mass is 297 g/mol. The number of hydrogen-bond donors (Lipinski definition) is 1. The Kier molecular flexibility index (Phi) is 3.84. The number of nitrogens with one attached hydrogen (secondary N) is 1. The molecule has 1 aliphatic rings. The van der Waals surface area contributed by atoms with Crippen LogP contribution < -0.4 is 5.32 Å². The zero-order valence-electron chi connectivity index (χ0n) is 10.00. The van der Waals surface area contributed by atoms with E-state index in [1.807, 2.05) is 25.1 Å². The maximum absolute atomic E-state index is 12.0. The number of amides is 1. The molecule has 0 bridgehead atoms. The van der Waals surface area contributed by atoms with Crippen molar-refractivity contribution in [2.45, 2.75) is 31.9 Å². The van der Waals surface area contributed by atoms with Crippen molar-refractivity contribution in [3.05, 3.63) is 33.8 Å². The Bertz CT molecular complexity index is 427. The van der Waals surface area contributed by atoms with Crippen molar-refractivity contribution >= 4 is 21.8 Å². The van der Waals surface area contributed by atoms with E-state index in [1.54, 1.807) is 7.11 Å². The molecule has 17 heavy (non-hydrogen) atoms. The molecule has 0 aliphatic heterocycles. The van der Waals surface area contributed by atoms with Gasteiger partial charge < -0.3 is 10.1 Å². The second kappa shape index (κ2) is 5.19. The van der Waals surface area contributed by atoms with E-state index < -0.39 is 0 Å². The second-order valence-electron chi connectivity index (χ2n) is 4.48. The molecule has 0 spiro atoms. The minimum absolute atomic E-state index is 0.0138. The maximum atomic E-state index is 12.0. The van der Waals surface area contributed by atoms with Gasteiger partial charge in [-0.25, -0.2) is 0 Å². The summed E-state index contributed by atoms with van der Waals surface area (Å²) in [6, 6.07) is 6.03. The van der Waals surface area contributed by atoms with Crippen molar-refractivity contribution in [3.8, 4) is 0 Å². The number of rotatable bonds is 3. The van der Waals surface area contributed by atoms with Gasteiger partial charge in [0.1, 0.15) is 0 Å². The summed E-state index contributed by atoms with van der Waals surface area (Å²) < 4.78 is 6.02. The zero-order valence-corrected chi connectivity index (χ0v) is 11.6. The normalized spacial score (nSPS) is 23.0. The lowest BCUT2D eigenvalue weighted by Crippen LogP contribution is -2.47. The lowest BCUT2D eigenvalue weighted by molar-refractivity contribution is 0.0176. The van der Waals surface area contributed by atoms with Crippen LogP contribution in [0.4, 0.5) is 0 Å². The Balaban J connectivity index is 1.98. The number of benzene rings is 1. The minimum atomic E-state index is -0.0138. The number of methoxy groups -OCH3 is 1. The number of carbonyl (C=O) groups excluding carboxylic acids is 1. The van der Waals surface area contributed by atoms with E-state index >= 15 is 0 Å². The summed E-state index contributed by atoms with van der Waals surface area (Å²) in [6.45, 7) is 1.98. The molecule has 1 aliphatic carbocycles. The third-order valence-corrected chi connectivity index (χ3v) is 3.82. The van der Waals surface area contributed by atoms with Crippen LogP contribution in [0.2, 0.25) is 0 Å². The molecule has 0 saturated heterocycles. The van der Waals surface area contributed by atoms with Crippen LogP contribution >= 0.6 is 15.9 Å². The summed E-state index contributed by atoms with van der Waals surface area (Å²) >= 11 is 3.40. The Morgan fingerprint density at radius 2 is 2.18 bits per heavy atom. The van der Waals surface area contributed by atoms with Crippen molar-refractivity contribution in [1.29, 1.82) is 0 Å². The third-order valence-electron chi connectivity index (χ3n) is 3.13. The van der Waals surface area contributed by atoms with Crippen LogP contribution in [-0.4, -0.2) is 25.2 Å². The van der Waals surface area contributed by atoms with Crippen molar-refractivity contribution in [1.82, 2.24) is 5.32 Å². The molecule has 0 radical (unpaired) electrons. The van der Waals surface area contributed by atoms with Gasteiger partial charge in [0.25, 0.3) is 5.91 Å². The fraction of sp³-hybridized carbons (Fsp3) is 0.462. The minimum Gasteiger partial charge on any atom is -0.381 e. The zero-order chi connectivity index (χ0) is 12.4. The van der Waals surface area contributed by atoms with Gasteiger partial charge in [-0.2, -0.15) is 0 Å². The van der Waals surface area contributed by atoms with Crippen LogP contribution in [0.25, 0.3) is 0 Å². The predicted octanol–water partition coefficient (Wildman–Crippen LogP) is 2.66. The molecule has 1 amide bonds. The first-order valence-corrected chi connectivity index (χ1v) is 6.49. The average molecular weight is 298 g/mol. The fourth-order valence-electron chi connectivity index (χ4n) is 1.95. The van der Waals surface area contributed by atoms with Crippen LogP contribution in [0.15, 0.2) is 22.7 Å². The molecule has 1 aromatic carbocycles. The summed E-state index contributed by atoms with van der Waals surface area (Å²) in [5.41, 5.74) is 1.78. The highest BCUT2D eigenvalue weighted by molar-refractivity contribution is 9.10. The van der Waals surface area contributed by atoms with E-state index in [0.717, 1.165) is 22.9 Å². The molecule has 4 heteroatoms. The Morgan fingerprint density at radius 3 is 2.82 bits per heavy atom. The van der Waals surface area contributed by atoms with Crippen molar-refractivity contribution < 1.29 is 9.53 Å². The van der Waals surface area contributed by atoms with Gasteiger partial charge in [-0.1, -0.05) is 11.6 Å². The van der Waals surface area contributed by atoms with E-state index in [4.69, 9.17) is 4.74 Å². The quantitative estimate of drug-likeness (QED) is 0.931. The van der Waals surface area contributed by atoms with E-state index in [0.29, 0.717) is 11.7 Å². The molecule has 1 aromatic rings. The predicted molar refractivity (Wildman–Crippen MR) is 70.2 cm³/mol. The first kappa shape index (κ1) is 12.6. The molecule has 0 aromatic heterocycles. The van der Waals surface area contributed by atoms with Crippen LogP contribution in [0, 0.1) is 6.92 Å². The highest BCUT2D eigenvalue weighted by Crippen LogP contribution is 2.24. The van der Waals surface area contributed by atoms with Gasteiger partial charge in [0.2, 0.25) is 0 Å². The number of aryl methyl sites for hydroxylation is 1. The second-order valence-corrected chi connectivity index (χ2v) is 5.34. The summed E-state index contributed by atoms with van der Waals surface area (Å²) in [7, 11) is 1.71. The molecule has 1 fully saturated rings. The lowest BCUT2D eigenvalue weighted by atomic mass is 9.89. The number of hydrogen-bond acceptors (Lipinski definition) is 2. The summed E-state index contributed by atoms with van der Waals surface area (Å²) in [4.78, 5) is 12.0. The molecule has 0 unspecified atom stereocenters. The Morgan fingerprint density at radius 1 is 1.47 bits per heavy atom. The topological polar surface area (TPSA) is 38.3 Å². The van der Waals surface area contributed by atoms with E-state index in [9.17, 15) is 4.79 Å². The maximum Gasteiger partial charge on any atom is 0.252 e. The standard InChI is InChI=1S/C13H16BrNO2/c1-8-3-4-12(14)11(5-8)13(16)15-9-6-10(7-9)17-2/h3-5,9-10H,6-7H2,1-2H3,(H,15,16). The van der Waals surface area contributed by atoms with Gasteiger partial charge in [0.15, 0.2) is 0 Å². The largest absolute Gasteiger partial charge is 0.381 e. The first-order valence-electron chi connectivity index (χ1n) is 5.70. The van der Waals surface area contributed by atoms with Crippen molar-refractivity contribution in [2.75, 3.05) is 7.11 Å². The van der Waals surface area contributed by atoms with E-state index in [2.05, 4.69) is 21.2 Å². The van der Waals surface area contributed by atoms with Gasteiger partial charge in [0, 0.05) is 17.6 Å². The number of ether oxygens (including phenoxy) is 1. The molecule has 0 heterocycles. The lowest BCUT2D eigenvalue weighted by Gasteiger charge is -2.34. The van der Waals surface area contributed by atoms with Crippen LogP contribution in [0.3, 0.4) is 0 Å². The van der Waals surface area contributed by atoms with Crippen molar-refractivity contribution in [2.24, 2.45) is 0 Å². The molecule has 3 nitrogen and oxygen atoms in total. The summed E-state index contributed by atoms with van der Waals surface area (Å²) in [6.07, 6.45) is 2.12. The van der Waals surface area contributed by atoms with Gasteiger partial charge in [0.05, 0.1) is 11.7 Å². The molecular weight excluding hydrogens is 282 g/mol. The summed E-state index contributed by atoms with van der Waals surface area (Å²) in [5.74, 6) is -0.0138. The number of carbonyl (C=O) groups is 1. The Hall–Kier alpha value is -0.870. The van der Waals surface area contributed by atoms with E-state index in [-0.39, 0.29) is 11.9 Å². The smallest absolute Gasteiger partial charge is 0.252 e.